The molecule has 0 spiro atoms. The number of nitrogens with zero attached hydrogens (tertiary/aromatic N) is 2. The molecule has 0 saturated carbocycles. The lowest BCUT2D eigenvalue weighted by Gasteiger charge is -2.31. The Morgan fingerprint density at radius 1 is 0.950 bits per heavy atom. The van der Waals surface area contributed by atoms with Crippen molar-refractivity contribution in [3.8, 4) is 5.88 Å². The molecule has 0 radical (unpaired) electrons. The molecular formula is C32H45Cl2N3O2S. The number of methoxy groups -OCH3 is 1. The second-order valence-electron chi connectivity index (χ2n) is 8.50. The molecule has 0 atom stereocenters. The first-order valence-electron chi connectivity index (χ1n) is 13.8. The van der Waals surface area contributed by atoms with Gasteiger partial charge in [0.25, 0.3) is 0 Å². The Bertz CT molecular complexity index is 1110. The summed E-state index contributed by atoms with van der Waals surface area (Å²) in [7, 11) is 3.58. The molecule has 3 rings (SSSR count). The Kier molecular flexibility index (Phi) is 18.3. The van der Waals surface area contributed by atoms with Gasteiger partial charge in [0, 0.05) is 53.0 Å². The standard InChI is InChI=1S/C28H33Cl2N3O2S.2C2H6/c1-20(2)27(31-3)28(36-25-15-23(29)14-24(30)16-25)33(18-22-10-11-26(34-4)32-17-22)12-13-35-19-21-8-6-5-7-9-21;2*1-2/h5-11,14-17,20,31H,12-13,18-19H2,1-4H3;2*1-2H3/b28-27+;;. The number of pyridine rings is 1. The summed E-state index contributed by atoms with van der Waals surface area (Å²) in [5.74, 6) is 0.863. The van der Waals surface area contributed by atoms with E-state index in [-0.39, 0.29) is 5.92 Å². The molecular weight excluding hydrogens is 561 g/mol. The molecule has 40 heavy (non-hydrogen) atoms. The van der Waals surface area contributed by atoms with Crippen LogP contribution in [0.1, 0.15) is 52.7 Å². The monoisotopic (exact) mass is 605 g/mol. The van der Waals surface area contributed by atoms with Gasteiger partial charge in [-0.2, -0.15) is 0 Å². The third-order valence-corrected chi connectivity index (χ3v) is 6.99. The Balaban J connectivity index is 0.00000191. The predicted molar refractivity (Wildman–Crippen MR) is 173 cm³/mol. The van der Waals surface area contributed by atoms with Gasteiger partial charge < -0.3 is 19.7 Å². The molecule has 1 N–H and O–H groups in total. The second kappa shape index (κ2) is 20.5. The molecule has 0 bridgehead atoms. The van der Waals surface area contributed by atoms with Crippen molar-refractivity contribution >= 4 is 35.0 Å². The van der Waals surface area contributed by atoms with Crippen molar-refractivity contribution in [1.82, 2.24) is 15.2 Å². The zero-order valence-electron chi connectivity index (χ0n) is 25.1. The molecule has 0 aliphatic rings. The first kappa shape index (κ1) is 35.6. The highest BCUT2D eigenvalue weighted by molar-refractivity contribution is 8.03. The molecule has 1 aromatic heterocycles. The summed E-state index contributed by atoms with van der Waals surface area (Å²) in [5.41, 5.74) is 3.35. The van der Waals surface area contributed by atoms with Crippen molar-refractivity contribution in [3.63, 3.8) is 0 Å². The summed E-state index contributed by atoms with van der Waals surface area (Å²) in [6.07, 6.45) is 1.85. The van der Waals surface area contributed by atoms with E-state index in [0.717, 1.165) is 26.7 Å². The van der Waals surface area contributed by atoms with Crippen molar-refractivity contribution in [2.24, 2.45) is 5.92 Å². The Morgan fingerprint density at radius 3 is 2.12 bits per heavy atom. The summed E-state index contributed by atoms with van der Waals surface area (Å²) in [6, 6.07) is 19.7. The summed E-state index contributed by atoms with van der Waals surface area (Å²) in [6.45, 7) is 14.8. The number of hydrogen-bond donors (Lipinski definition) is 1. The lowest BCUT2D eigenvalue weighted by molar-refractivity contribution is 0.101. The maximum atomic E-state index is 6.32. The predicted octanol–water partition coefficient (Wildman–Crippen LogP) is 9.31. The van der Waals surface area contributed by atoms with Gasteiger partial charge in [0.2, 0.25) is 5.88 Å². The van der Waals surface area contributed by atoms with E-state index < -0.39 is 0 Å². The second-order valence-corrected chi connectivity index (χ2v) is 10.4. The first-order valence-corrected chi connectivity index (χ1v) is 15.4. The molecule has 5 nitrogen and oxygen atoms in total. The van der Waals surface area contributed by atoms with Gasteiger partial charge in [0.1, 0.15) is 0 Å². The number of benzene rings is 2. The van der Waals surface area contributed by atoms with E-state index in [1.807, 2.05) is 83.4 Å². The zero-order valence-corrected chi connectivity index (χ0v) is 27.5. The van der Waals surface area contributed by atoms with Crippen LogP contribution in [-0.2, 0) is 17.9 Å². The van der Waals surface area contributed by atoms with Crippen LogP contribution in [0.2, 0.25) is 10.0 Å². The van der Waals surface area contributed by atoms with Crippen molar-refractivity contribution in [3.05, 3.63) is 98.8 Å². The third kappa shape index (κ3) is 12.4. The van der Waals surface area contributed by atoms with Crippen LogP contribution in [0.5, 0.6) is 5.88 Å². The SMILES string of the molecule is CC.CC.CN/C(=C(/Sc1cc(Cl)cc(Cl)c1)N(CCOCc1ccccc1)Cc1ccc(OC)nc1)C(C)C. The van der Waals surface area contributed by atoms with Gasteiger partial charge in [-0.15, -0.1) is 0 Å². The summed E-state index contributed by atoms with van der Waals surface area (Å²) >= 11 is 14.3. The molecule has 2 aromatic carbocycles. The molecule has 220 valence electrons. The lowest BCUT2D eigenvalue weighted by Crippen LogP contribution is -2.30. The first-order chi connectivity index (χ1) is 19.4. The largest absolute Gasteiger partial charge is 0.481 e. The average Bonchev–Trinajstić information content (AvgIpc) is 2.97. The minimum absolute atomic E-state index is 0.272. The number of allylic oxidation sites excluding steroid dienone is 1. The Hall–Kier alpha value is -2.38. The fourth-order valence-corrected chi connectivity index (χ4v) is 5.65. The van der Waals surface area contributed by atoms with Gasteiger partial charge in [0.05, 0.1) is 25.4 Å². The van der Waals surface area contributed by atoms with Gasteiger partial charge in [-0.1, -0.05) is 113 Å². The lowest BCUT2D eigenvalue weighted by atomic mass is 10.1. The maximum absolute atomic E-state index is 6.32. The van der Waals surface area contributed by atoms with Crippen molar-refractivity contribution in [2.45, 2.75) is 59.6 Å². The Labute approximate surface area is 256 Å². The van der Waals surface area contributed by atoms with E-state index >= 15 is 0 Å². The summed E-state index contributed by atoms with van der Waals surface area (Å²) in [4.78, 5) is 7.69. The zero-order chi connectivity index (χ0) is 29.9. The normalized spacial score (nSPS) is 11.0. The molecule has 0 amide bonds. The maximum Gasteiger partial charge on any atom is 0.212 e. The van der Waals surface area contributed by atoms with Crippen LogP contribution in [0, 0.1) is 5.92 Å². The molecule has 0 unspecified atom stereocenters. The summed E-state index contributed by atoms with van der Waals surface area (Å²) < 4.78 is 11.3. The highest BCUT2D eigenvalue weighted by Crippen LogP contribution is 2.36. The Morgan fingerprint density at radius 2 is 1.60 bits per heavy atom. The van der Waals surface area contributed by atoms with E-state index in [1.54, 1.807) is 24.9 Å². The van der Waals surface area contributed by atoms with Crippen molar-refractivity contribution in [1.29, 1.82) is 0 Å². The molecule has 0 aliphatic carbocycles. The van der Waals surface area contributed by atoms with Gasteiger partial charge in [-0.05, 0) is 35.2 Å². The summed E-state index contributed by atoms with van der Waals surface area (Å²) in [5, 5.41) is 5.73. The molecule has 0 saturated heterocycles. The van der Waals surface area contributed by atoms with E-state index in [9.17, 15) is 0 Å². The topological polar surface area (TPSA) is 46.6 Å². The van der Waals surface area contributed by atoms with Crippen LogP contribution < -0.4 is 10.1 Å². The van der Waals surface area contributed by atoms with Gasteiger partial charge in [-0.25, -0.2) is 4.98 Å². The van der Waals surface area contributed by atoms with Crippen LogP contribution >= 0.6 is 35.0 Å². The fourth-order valence-electron chi connectivity index (χ4n) is 3.67. The third-order valence-electron chi connectivity index (χ3n) is 5.41. The van der Waals surface area contributed by atoms with Crippen LogP contribution in [-0.4, -0.2) is 37.2 Å². The van der Waals surface area contributed by atoms with Crippen LogP contribution in [0.4, 0.5) is 0 Å². The minimum Gasteiger partial charge on any atom is -0.481 e. The van der Waals surface area contributed by atoms with Crippen LogP contribution in [0.3, 0.4) is 0 Å². The van der Waals surface area contributed by atoms with Gasteiger partial charge >= 0.3 is 0 Å². The molecule has 0 fully saturated rings. The van der Waals surface area contributed by atoms with E-state index in [1.165, 1.54) is 0 Å². The smallest absolute Gasteiger partial charge is 0.212 e. The number of ether oxygens (including phenoxy) is 2. The highest BCUT2D eigenvalue weighted by Gasteiger charge is 2.20. The van der Waals surface area contributed by atoms with E-state index in [4.69, 9.17) is 32.7 Å². The van der Waals surface area contributed by atoms with Crippen molar-refractivity contribution < 1.29 is 9.47 Å². The molecule has 1 heterocycles. The number of hydrogen-bond acceptors (Lipinski definition) is 6. The number of halogens is 2. The van der Waals surface area contributed by atoms with E-state index in [0.29, 0.717) is 42.2 Å². The van der Waals surface area contributed by atoms with E-state index in [2.05, 4.69) is 41.2 Å². The minimum atomic E-state index is 0.272. The quantitative estimate of drug-likeness (QED) is 0.155. The molecule has 0 aliphatic heterocycles. The van der Waals surface area contributed by atoms with Gasteiger partial charge in [0.15, 0.2) is 0 Å². The molecule has 3 aromatic rings. The molecule has 8 heteroatoms. The number of thioether (sulfide) groups is 1. The van der Waals surface area contributed by atoms with Crippen molar-refractivity contribution in [2.75, 3.05) is 27.3 Å². The highest BCUT2D eigenvalue weighted by atomic mass is 35.5. The number of nitrogens with one attached hydrogen (secondary N) is 1. The number of aromatic nitrogens is 1. The van der Waals surface area contributed by atoms with Gasteiger partial charge in [-0.3, -0.25) is 0 Å². The van der Waals surface area contributed by atoms with Crippen LogP contribution in [0.25, 0.3) is 0 Å². The van der Waals surface area contributed by atoms with Crippen LogP contribution in [0.15, 0.2) is 82.5 Å². The number of rotatable bonds is 13. The fraction of sp³-hybridized carbons (Fsp3) is 0.406. The average molecular weight is 607 g/mol.